The van der Waals surface area contributed by atoms with Gasteiger partial charge < -0.3 is 0 Å². The van der Waals surface area contributed by atoms with Gasteiger partial charge in [0.1, 0.15) is 0 Å². The van der Waals surface area contributed by atoms with Crippen LogP contribution in [0.1, 0.15) is 29.3 Å². The number of hydrogen-bond donors (Lipinski definition) is 0. The molecule has 0 saturated heterocycles. The van der Waals surface area contributed by atoms with Gasteiger partial charge >= 0.3 is 5.97 Å². The summed E-state index contributed by atoms with van der Waals surface area (Å²) in [4.78, 5) is 35.1. The third-order valence-electron chi connectivity index (χ3n) is 2.16. The number of nitrogens with zero attached hydrogens (tertiary/aromatic N) is 2. The van der Waals surface area contributed by atoms with Crippen LogP contribution in [0.25, 0.3) is 0 Å². The fourth-order valence-electron chi connectivity index (χ4n) is 1.44. The monoisotopic (exact) mass is 238 g/mol. The summed E-state index contributed by atoms with van der Waals surface area (Å²) in [5.41, 5.74) is 0.357. The second-order valence-corrected chi connectivity index (χ2v) is 3.30. The minimum Gasteiger partial charge on any atom is -0.279 e. The molecule has 17 heavy (non-hydrogen) atoms. The molecule has 1 aromatic carbocycles. The van der Waals surface area contributed by atoms with Crippen LogP contribution in [0.2, 0.25) is 0 Å². The van der Waals surface area contributed by atoms with Crippen LogP contribution in [0.4, 0.5) is 5.69 Å². The molecule has 1 aromatic rings. The second-order valence-electron chi connectivity index (χ2n) is 3.30. The molecule has 0 aliphatic heterocycles. The van der Waals surface area contributed by atoms with Crippen molar-refractivity contribution in [2.75, 3.05) is 0 Å². The van der Waals surface area contributed by atoms with Crippen molar-refractivity contribution in [3.8, 4) is 0 Å². The lowest BCUT2D eigenvalue weighted by Gasteiger charge is -2.04. The van der Waals surface area contributed by atoms with E-state index in [1.54, 1.807) is 0 Å². The first-order valence-corrected chi connectivity index (χ1v) is 4.91. The molecule has 0 N–H and O–H groups in total. The van der Waals surface area contributed by atoms with Crippen LogP contribution in [0.15, 0.2) is 23.5 Å². The summed E-state index contributed by atoms with van der Waals surface area (Å²) in [5.74, 6) is -0.979. The van der Waals surface area contributed by atoms with E-state index >= 15 is 0 Å². The van der Waals surface area contributed by atoms with Crippen molar-refractivity contribution in [3.05, 3.63) is 44.3 Å². The summed E-state index contributed by atoms with van der Waals surface area (Å²) >= 11 is 0. The van der Waals surface area contributed by atoms with Crippen molar-refractivity contribution < 1.29 is 14.6 Å². The number of carbonyl (C=O) groups excluding carboxylic acids is 1. The van der Waals surface area contributed by atoms with Gasteiger partial charge in [-0.05, 0) is 12.0 Å². The van der Waals surface area contributed by atoms with Crippen molar-refractivity contribution >= 4 is 11.7 Å². The number of hydrogen-bond acceptors (Lipinski definition) is 6. The minimum atomic E-state index is -0.979. The fourth-order valence-corrected chi connectivity index (χ4v) is 1.44. The van der Waals surface area contributed by atoms with Crippen molar-refractivity contribution in [3.63, 3.8) is 0 Å². The number of benzene rings is 1. The lowest BCUT2D eigenvalue weighted by atomic mass is 10.0. The normalized spacial score (nSPS) is 9.71. The van der Waals surface area contributed by atoms with Crippen molar-refractivity contribution in [2.45, 2.75) is 19.8 Å². The number of carbonyl (C=O) groups is 1. The molecule has 0 fully saturated rings. The first-order chi connectivity index (χ1) is 8.10. The van der Waals surface area contributed by atoms with Crippen LogP contribution >= 0.6 is 0 Å². The third kappa shape index (κ3) is 3.07. The summed E-state index contributed by atoms with van der Waals surface area (Å²) in [7, 11) is 0. The molecule has 0 unspecified atom stereocenters. The van der Waals surface area contributed by atoms with Crippen LogP contribution in [0.3, 0.4) is 0 Å². The van der Waals surface area contributed by atoms with E-state index in [1.807, 2.05) is 12.3 Å². The van der Waals surface area contributed by atoms with Gasteiger partial charge in [0.05, 0.1) is 10.5 Å². The van der Waals surface area contributed by atoms with Gasteiger partial charge in [0.15, 0.2) is 5.34 Å². The molecular formula is C10H10N2O5. The van der Waals surface area contributed by atoms with Crippen molar-refractivity contribution in [2.24, 2.45) is 5.34 Å². The molecule has 0 atom stereocenters. The maximum atomic E-state index is 11.4. The molecule has 0 saturated carbocycles. The molecule has 0 radical (unpaired) electrons. The first kappa shape index (κ1) is 12.8. The smallest absolute Gasteiger partial charge is 0.279 e. The van der Waals surface area contributed by atoms with E-state index in [2.05, 4.69) is 4.84 Å². The molecular weight excluding hydrogens is 228 g/mol. The standard InChI is InChI=1S/C10H10N2O5/c1-2-3-7-4-5-8(12(15)16)6-9(7)10(13)17-11-14/h4-6H,2-3H2,1H3. The van der Waals surface area contributed by atoms with Crippen molar-refractivity contribution in [1.29, 1.82) is 0 Å². The quantitative estimate of drug-likeness (QED) is 0.445. The lowest BCUT2D eigenvalue weighted by Crippen LogP contribution is -2.06. The van der Waals surface area contributed by atoms with Gasteiger partial charge in [-0.15, -0.1) is 4.91 Å². The molecule has 0 heterocycles. The van der Waals surface area contributed by atoms with E-state index in [0.29, 0.717) is 12.0 Å². The number of non-ortho nitro benzene ring substituents is 1. The van der Waals surface area contributed by atoms with Crippen molar-refractivity contribution in [1.82, 2.24) is 0 Å². The molecule has 0 aliphatic carbocycles. The molecule has 0 amide bonds. The zero-order valence-corrected chi connectivity index (χ0v) is 9.08. The minimum absolute atomic E-state index is 0.000602. The van der Waals surface area contributed by atoms with Gasteiger partial charge in [-0.1, -0.05) is 19.4 Å². The molecule has 7 nitrogen and oxygen atoms in total. The van der Waals surface area contributed by atoms with E-state index in [-0.39, 0.29) is 11.3 Å². The average Bonchev–Trinajstić information content (AvgIpc) is 2.30. The summed E-state index contributed by atoms with van der Waals surface area (Å²) in [6, 6.07) is 3.86. The second kappa shape index (κ2) is 5.69. The Labute approximate surface area is 96.5 Å². The highest BCUT2D eigenvalue weighted by atomic mass is 16.7. The maximum absolute atomic E-state index is 11.4. The van der Waals surface area contributed by atoms with Crippen LogP contribution in [-0.2, 0) is 11.3 Å². The van der Waals surface area contributed by atoms with E-state index in [4.69, 9.17) is 0 Å². The highest BCUT2D eigenvalue weighted by molar-refractivity contribution is 5.91. The molecule has 1 rings (SSSR count). The Bertz CT molecular complexity index is 458. The Morgan fingerprint density at radius 1 is 1.53 bits per heavy atom. The van der Waals surface area contributed by atoms with Gasteiger partial charge in [0.2, 0.25) is 0 Å². The highest BCUT2D eigenvalue weighted by Crippen LogP contribution is 2.20. The van der Waals surface area contributed by atoms with Gasteiger partial charge in [0.25, 0.3) is 5.69 Å². The van der Waals surface area contributed by atoms with Gasteiger partial charge in [-0.25, -0.2) is 4.79 Å². The fraction of sp³-hybridized carbons (Fsp3) is 0.300. The van der Waals surface area contributed by atoms with E-state index in [0.717, 1.165) is 12.5 Å². The number of nitro groups is 1. The zero-order valence-electron chi connectivity index (χ0n) is 9.08. The van der Waals surface area contributed by atoms with Gasteiger partial charge in [-0.3, -0.25) is 15.0 Å². The predicted octanol–water partition coefficient (Wildman–Crippen LogP) is 2.39. The Hall–Kier alpha value is -2.31. The largest absolute Gasteiger partial charge is 0.369 e. The zero-order chi connectivity index (χ0) is 12.8. The van der Waals surface area contributed by atoms with E-state index in [1.165, 1.54) is 12.1 Å². The number of aryl methyl sites for hydroxylation is 1. The Morgan fingerprint density at radius 2 is 2.24 bits per heavy atom. The molecule has 0 spiro atoms. The summed E-state index contributed by atoms with van der Waals surface area (Å²) in [6.45, 7) is 1.90. The van der Waals surface area contributed by atoms with Crippen LogP contribution in [-0.4, -0.2) is 10.9 Å². The SMILES string of the molecule is CCCc1ccc([N+](=O)[O-])cc1C(=O)ON=O. The van der Waals surface area contributed by atoms with E-state index in [9.17, 15) is 19.8 Å². The molecule has 0 bridgehead atoms. The predicted molar refractivity (Wildman–Crippen MR) is 58.3 cm³/mol. The lowest BCUT2D eigenvalue weighted by molar-refractivity contribution is -0.384. The van der Waals surface area contributed by atoms with Gasteiger partial charge in [-0.2, -0.15) is 0 Å². The van der Waals surface area contributed by atoms with Crippen LogP contribution < -0.4 is 0 Å². The molecule has 0 aliphatic rings. The Morgan fingerprint density at radius 3 is 2.76 bits per heavy atom. The molecule has 0 aromatic heterocycles. The van der Waals surface area contributed by atoms with Gasteiger partial charge in [0, 0.05) is 12.1 Å². The number of rotatable bonds is 5. The van der Waals surface area contributed by atoms with E-state index < -0.39 is 10.9 Å². The molecule has 90 valence electrons. The summed E-state index contributed by atoms with van der Waals surface area (Å²) in [5, 5.41) is 12.6. The third-order valence-corrected chi connectivity index (χ3v) is 2.16. The van der Waals surface area contributed by atoms with Crippen LogP contribution in [0.5, 0.6) is 0 Å². The average molecular weight is 238 g/mol. The molecule has 7 heteroatoms. The topological polar surface area (TPSA) is 98.9 Å². The first-order valence-electron chi connectivity index (χ1n) is 4.91. The Balaban J connectivity index is 3.19. The number of nitro benzene ring substituents is 1. The highest BCUT2D eigenvalue weighted by Gasteiger charge is 2.18. The Kier molecular flexibility index (Phi) is 4.27. The summed E-state index contributed by atoms with van der Waals surface area (Å²) < 4.78 is 0. The summed E-state index contributed by atoms with van der Waals surface area (Å²) in [6.07, 6.45) is 1.31. The maximum Gasteiger partial charge on any atom is 0.369 e. The van der Waals surface area contributed by atoms with Crippen LogP contribution in [0, 0.1) is 15.0 Å².